The predicted octanol–water partition coefficient (Wildman–Crippen LogP) is 7.74. The van der Waals surface area contributed by atoms with Crippen molar-refractivity contribution < 1.29 is 0 Å². The maximum atomic E-state index is 2.38. The SMILES string of the molecule is CCCCCCCCCc1ccccc1CC(CC)CCCC. The monoisotopic (exact) mass is 316 g/mol. The molecule has 1 aromatic rings. The summed E-state index contributed by atoms with van der Waals surface area (Å²) in [7, 11) is 0. The Kier molecular flexibility index (Phi) is 12.0. The number of hydrogen-bond acceptors (Lipinski definition) is 0. The topological polar surface area (TPSA) is 0 Å². The van der Waals surface area contributed by atoms with Gasteiger partial charge in [0.1, 0.15) is 0 Å². The maximum absolute atomic E-state index is 2.38. The third-order valence-corrected chi connectivity index (χ3v) is 5.22. The Morgan fingerprint density at radius 1 is 0.696 bits per heavy atom. The maximum Gasteiger partial charge on any atom is -0.0248 e. The Balaban J connectivity index is 2.37. The van der Waals surface area contributed by atoms with Crippen LogP contribution in [0.25, 0.3) is 0 Å². The summed E-state index contributed by atoms with van der Waals surface area (Å²) in [5, 5.41) is 0. The van der Waals surface area contributed by atoms with E-state index in [4.69, 9.17) is 0 Å². The third kappa shape index (κ3) is 9.18. The van der Waals surface area contributed by atoms with Crippen LogP contribution < -0.4 is 0 Å². The van der Waals surface area contributed by atoms with Gasteiger partial charge in [0.05, 0.1) is 0 Å². The van der Waals surface area contributed by atoms with Gasteiger partial charge in [-0.25, -0.2) is 0 Å². The van der Waals surface area contributed by atoms with Crippen LogP contribution >= 0.6 is 0 Å². The zero-order chi connectivity index (χ0) is 16.8. The molecule has 0 aromatic heterocycles. The molecular formula is C23H40. The lowest BCUT2D eigenvalue weighted by Gasteiger charge is -2.17. The molecule has 132 valence electrons. The van der Waals surface area contributed by atoms with Gasteiger partial charge < -0.3 is 0 Å². The van der Waals surface area contributed by atoms with E-state index >= 15 is 0 Å². The summed E-state index contributed by atoms with van der Waals surface area (Å²) in [4.78, 5) is 0. The van der Waals surface area contributed by atoms with Crippen LogP contribution in [-0.4, -0.2) is 0 Å². The molecule has 1 rings (SSSR count). The van der Waals surface area contributed by atoms with E-state index in [9.17, 15) is 0 Å². The first-order chi connectivity index (χ1) is 11.3. The first-order valence-corrected chi connectivity index (χ1v) is 10.4. The van der Waals surface area contributed by atoms with Crippen molar-refractivity contribution >= 4 is 0 Å². The van der Waals surface area contributed by atoms with Crippen molar-refractivity contribution in [2.24, 2.45) is 5.92 Å². The second kappa shape index (κ2) is 13.6. The number of hydrogen-bond donors (Lipinski definition) is 0. The molecule has 0 heterocycles. The second-order valence-electron chi connectivity index (χ2n) is 7.26. The molecule has 0 saturated heterocycles. The highest BCUT2D eigenvalue weighted by atomic mass is 14.2. The van der Waals surface area contributed by atoms with Crippen molar-refractivity contribution in [1.82, 2.24) is 0 Å². The smallest absolute Gasteiger partial charge is 0.0248 e. The molecule has 0 fully saturated rings. The fraction of sp³-hybridized carbons (Fsp3) is 0.739. The van der Waals surface area contributed by atoms with Crippen LogP contribution in [0.1, 0.15) is 103 Å². The molecule has 1 atom stereocenters. The lowest BCUT2D eigenvalue weighted by Crippen LogP contribution is -2.06. The number of rotatable bonds is 14. The summed E-state index contributed by atoms with van der Waals surface area (Å²) >= 11 is 0. The molecule has 0 aliphatic carbocycles. The summed E-state index contributed by atoms with van der Waals surface area (Å²) in [6, 6.07) is 9.22. The Labute approximate surface area is 146 Å². The zero-order valence-corrected chi connectivity index (χ0v) is 16.1. The van der Waals surface area contributed by atoms with Crippen molar-refractivity contribution in [3.05, 3.63) is 35.4 Å². The standard InChI is InChI=1S/C23H40/c1-4-7-9-10-11-12-13-17-22-18-14-15-19-23(22)20-21(6-3)16-8-5-2/h14-15,18-19,21H,4-13,16-17,20H2,1-3H3. The number of aryl methyl sites for hydroxylation is 1. The third-order valence-electron chi connectivity index (χ3n) is 5.22. The van der Waals surface area contributed by atoms with Gasteiger partial charge in [-0.05, 0) is 36.3 Å². The molecule has 23 heavy (non-hydrogen) atoms. The molecular weight excluding hydrogens is 276 g/mol. The van der Waals surface area contributed by atoms with Crippen molar-refractivity contribution in [3.63, 3.8) is 0 Å². The molecule has 0 nitrogen and oxygen atoms in total. The first-order valence-electron chi connectivity index (χ1n) is 10.4. The van der Waals surface area contributed by atoms with Gasteiger partial charge in [0, 0.05) is 0 Å². The fourth-order valence-corrected chi connectivity index (χ4v) is 3.53. The van der Waals surface area contributed by atoms with Crippen molar-refractivity contribution in [2.75, 3.05) is 0 Å². The Hall–Kier alpha value is -0.780. The van der Waals surface area contributed by atoms with E-state index < -0.39 is 0 Å². The Bertz CT molecular complexity index is 379. The van der Waals surface area contributed by atoms with Crippen molar-refractivity contribution in [3.8, 4) is 0 Å². The predicted molar refractivity (Wildman–Crippen MR) is 105 cm³/mol. The van der Waals surface area contributed by atoms with Gasteiger partial charge in [-0.1, -0.05) is 109 Å². The Morgan fingerprint density at radius 3 is 1.96 bits per heavy atom. The van der Waals surface area contributed by atoms with E-state index in [1.54, 1.807) is 11.1 Å². The minimum atomic E-state index is 0.880. The summed E-state index contributed by atoms with van der Waals surface area (Å²) in [6.07, 6.45) is 17.9. The normalized spacial score (nSPS) is 12.5. The molecule has 0 saturated carbocycles. The quantitative estimate of drug-likeness (QED) is 0.308. The van der Waals surface area contributed by atoms with E-state index in [1.165, 1.54) is 83.5 Å². The molecule has 0 N–H and O–H groups in total. The van der Waals surface area contributed by atoms with E-state index in [2.05, 4.69) is 45.0 Å². The minimum Gasteiger partial charge on any atom is -0.0654 e. The van der Waals surface area contributed by atoms with E-state index in [0.29, 0.717) is 0 Å². The molecule has 0 amide bonds. The largest absolute Gasteiger partial charge is 0.0654 e. The fourth-order valence-electron chi connectivity index (χ4n) is 3.53. The van der Waals surface area contributed by atoms with Gasteiger partial charge in [-0.2, -0.15) is 0 Å². The van der Waals surface area contributed by atoms with Crippen molar-refractivity contribution in [1.29, 1.82) is 0 Å². The number of benzene rings is 1. The zero-order valence-electron chi connectivity index (χ0n) is 16.1. The van der Waals surface area contributed by atoms with Crippen LogP contribution in [0.3, 0.4) is 0 Å². The summed E-state index contributed by atoms with van der Waals surface area (Å²) in [5.74, 6) is 0.880. The molecule has 0 heteroatoms. The molecule has 0 spiro atoms. The van der Waals surface area contributed by atoms with Crippen LogP contribution in [0.2, 0.25) is 0 Å². The lowest BCUT2D eigenvalue weighted by molar-refractivity contribution is 0.447. The number of unbranched alkanes of at least 4 members (excludes halogenated alkanes) is 7. The molecule has 0 aliphatic heterocycles. The molecule has 0 radical (unpaired) electrons. The minimum absolute atomic E-state index is 0.880. The highest BCUT2D eigenvalue weighted by molar-refractivity contribution is 5.27. The van der Waals surface area contributed by atoms with Crippen LogP contribution in [0, 0.1) is 5.92 Å². The Morgan fingerprint density at radius 2 is 1.30 bits per heavy atom. The summed E-state index contributed by atoms with van der Waals surface area (Å²) in [5.41, 5.74) is 3.25. The van der Waals surface area contributed by atoms with Gasteiger partial charge in [0.15, 0.2) is 0 Å². The van der Waals surface area contributed by atoms with E-state index in [1.807, 2.05) is 0 Å². The van der Waals surface area contributed by atoms with E-state index in [-0.39, 0.29) is 0 Å². The van der Waals surface area contributed by atoms with Gasteiger partial charge in [-0.15, -0.1) is 0 Å². The van der Waals surface area contributed by atoms with Crippen LogP contribution in [0.15, 0.2) is 24.3 Å². The van der Waals surface area contributed by atoms with Crippen molar-refractivity contribution in [2.45, 2.75) is 104 Å². The molecule has 0 bridgehead atoms. The highest BCUT2D eigenvalue weighted by Gasteiger charge is 2.10. The van der Waals surface area contributed by atoms with Crippen LogP contribution in [0.4, 0.5) is 0 Å². The van der Waals surface area contributed by atoms with Gasteiger partial charge in [0.2, 0.25) is 0 Å². The summed E-state index contributed by atoms with van der Waals surface area (Å²) < 4.78 is 0. The molecule has 1 aromatic carbocycles. The average molecular weight is 317 g/mol. The highest BCUT2D eigenvalue weighted by Crippen LogP contribution is 2.22. The lowest BCUT2D eigenvalue weighted by atomic mass is 9.88. The summed E-state index contributed by atoms with van der Waals surface area (Å²) in [6.45, 7) is 6.96. The van der Waals surface area contributed by atoms with Gasteiger partial charge >= 0.3 is 0 Å². The van der Waals surface area contributed by atoms with Gasteiger partial charge in [-0.3, -0.25) is 0 Å². The first kappa shape index (κ1) is 20.3. The van der Waals surface area contributed by atoms with Gasteiger partial charge in [0.25, 0.3) is 0 Å². The van der Waals surface area contributed by atoms with E-state index in [0.717, 1.165) is 5.92 Å². The second-order valence-corrected chi connectivity index (χ2v) is 7.26. The molecule has 0 aliphatic rings. The average Bonchev–Trinajstić information content (AvgIpc) is 2.59. The molecule has 1 unspecified atom stereocenters. The van der Waals surface area contributed by atoms with Crippen LogP contribution in [-0.2, 0) is 12.8 Å². The van der Waals surface area contributed by atoms with Crippen LogP contribution in [0.5, 0.6) is 0 Å².